The van der Waals surface area contributed by atoms with Crippen LogP contribution in [-0.2, 0) is 4.74 Å². The van der Waals surface area contributed by atoms with Gasteiger partial charge in [0.05, 0.1) is 12.2 Å². The molecule has 0 amide bonds. The first-order valence-electron chi connectivity index (χ1n) is 7.57. The Hall–Kier alpha value is -0.120. The topological polar surface area (TPSA) is 38.5 Å². The molecule has 3 nitrogen and oxygen atoms in total. The van der Waals surface area contributed by atoms with Gasteiger partial charge in [-0.05, 0) is 44.9 Å². The van der Waals surface area contributed by atoms with Gasteiger partial charge in [0.15, 0.2) is 0 Å². The lowest BCUT2D eigenvalue weighted by atomic mass is 9.70. The lowest BCUT2D eigenvalue weighted by molar-refractivity contribution is -0.114. The Bertz CT molecular complexity index is 274. The highest BCUT2D eigenvalue weighted by molar-refractivity contribution is 4.99. The second kappa shape index (κ2) is 5.48. The van der Waals surface area contributed by atoms with Crippen LogP contribution in [0, 0.1) is 11.8 Å². The van der Waals surface area contributed by atoms with E-state index in [-0.39, 0.29) is 5.54 Å². The highest BCUT2D eigenvalue weighted by Crippen LogP contribution is 2.40. The zero-order valence-corrected chi connectivity index (χ0v) is 12.5. The van der Waals surface area contributed by atoms with E-state index in [1.54, 1.807) is 0 Å². The van der Waals surface area contributed by atoms with Gasteiger partial charge < -0.3 is 10.5 Å². The van der Waals surface area contributed by atoms with Gasteiger partial charge in [-0.2, -0.15) is 0 Å². The van der Waals surface area contributed by atoms with E-state index < -0.39 is 0 Å². The fourth-order valence-electron chi connectivity index (χ4n) is 3.85. The summed E-state index contributed by atoms with van der Waals surface area (Å²) in [5, 5.41) is 0. The van der Waals surface area contributed by atoms with Crippen molar-refractivity contribution >= 4 is 0 Å². The van der Waals surface area contributed by atoms with Crippen LogP contribution in [-0.4, -0.2) is 42.3 Å². The molecule has 1 saturated heterocycles. The van der Waals surface area contributed by atoms with Crippen molar-refractivity contribution in [3.63, 3.8) is 0 Å². The predicted molar refractivity (Wildman–Crippen MR) is 75.5 cm³/mol. The van der Waals surface area contributed by atoms with Crippen molar-refractivity contribution in [2.24, 2.45) is 17.6 Å². The first-order valence-corrected chi connectivity index (χ1v) is 7.57. The van der Waals surface area contributed by atoms with Gasteiger partial charge in [0, 0.05) is 25.2 Å². The molecule has 1 heterocycles. The number of nitrogens with zero attached hydrogens (tertiary/aromatic N) is 1. The zero-order chi connectivity index (χ0) is 13.3. The minimum absolute atomic E-state index is 0.234. The van der Waals surface area contributed by atoms with E-state index in [1.807, 2.05) is 0 Å². The van der Waals surface area contributed by atoms with Crippen LogP contribution >= 0.6 is 0 Å². The van der Waals surface area contributed by atoms with Crippen LogP contribution in [0.5, 0.6) is 0 Å². The van der Waals surface area contributed by atoms with E-state index in [1.165, 1.54) is 19.3 Å². The number of hydrogen-bond donors (Lipinski definition) is 1. The monoisotopic (exact) mass is 254 g/mol. The lowest BCUT2D eigenvalue weighted by Gasteiger charge is -2.52. The minimum Gasteiger partial charge on any atom is -0.373 e. The summed E-state index contributed by atoms with van der Waals surface area (Å²) in [4.78, 5) is 2.63. The normalized spacial score (nSPS) is 47.2. The van der Waals surface area contributed by atoms with E-state index in [9.17, 15) is 0 Å². The first-order chi connectivity index (χ1) is 8.47. The second-order valence-electron chi connectivity index (χ2n) is 6.79. The molecule has 0 aromatic heterocycles. The van der Waals surface area contributed by atoms with Gasteiger partial charge in [-0.3, -0.25) is 4.90 Å². The molecule has 18 heavy (non-hydrogen) atoms. The summed E-state index contributed by atoms with van der Waals surface area (Å²) in [6, 6.07) is 0. The second-order valence-corrected chi connectivity index (χ2v) is 6.79. The van der Waals surface area contributed by atoms with Gasteiger partial charge in [-0.15, -0.1) is 0 Å². The summed E-state index contributed by atoms with van der Waals surface area (Å²) in [6.07, 6.45) is 4.51. The number of morpholine rings is 1. The molecule has 1 aliphatic carbocycles. The molecule has 1 aliphatic heterocycles. The van der Waals surface area contributed by atoms with E-state index >= 15 is 0 Å². The summed E-state index contributed by atoms with van der Waals surface area (Å²) >= 11 is 0. The molecule has 3 heteroatoms. The van der Waals surface area contributed by atoms with Crippen molar-refractivity contribution in [2.45, 2.75) is 64.7 Å². The molecule has 2 N–H and O–H groups in total. The van der Waals surface area contributed by atoms with Crippen LogP contribution in [0.4, 0.5) is 0 Å². The minimum atomic E-state index is 0.234. The number of rotatable bonds is 2. The van der Waals surface area contributed by atoms with Crippen molar-refractivity contribution < 1.29 is 4.74 Å². The van der Waals surface area contributed by atoms with Crippen LogP contribution in [0.1, 0.15) is 47.0 Å². The molecular formula is C15H30N2O. The van der Waals surface area contributed by atoms with Gasteiger partial charge in [0.2, 0.25) is 0 Å². The summed E-state index contributed by atoms with van der Waals surface area (Å²) in [5.41, 5.74) is 6.42. The maximum absolute atomic E-state index is 6.19. The highest BCUT2D eigenvalue weighted by Gasteiger charge is 2.43. The average Bonchev–Trinajstić information content (AvgIpc) is 2.31. The largest absolute Gasteiger partial charge is 0.373 e. The molecule has 2 fully saturated rings. The first kappa shape index (κ1) is 14.3. The van der Waals surface area contributed by atoms with Crippen LogP contribution in [0.15, 0.2) is 0 Å². The molecule has 0 bridgehead atoms. The quantitative estimate of drug-likeness (QED) is 0.821. The van der Waals surface area contributed by atoms with E-state index in [0.29, 0.717) is 12.2 Å². The Labute approximate surface area is 112 Å². The Kier molecular flexibility index (Phi) is 4.35. The lowest BCUT2D eigenvalue weighted by Crippen LogP contribution is -2.62. The Morgan fingerprint density at radius 3 is 2.22 bits per heavy atom. The molecular weight excluding hydrogens is 224 g/mol. The number of nitrogens with two attached hydrogens (primary N) is 1. The maximum atomic E-state index is 6.19. The molecule has 3 unspecified atom stereocenters. The predicted octanol–water partition coefficient (Wildman–Crippen LogP) is 2.25. The van der Waals surface area contributed by atoms with Crippen LogP contribution in [0.3, 0.4) is 0 Å². The molecule has 5 atom stereocenters. The van der Waals surface area contributed by atoms with Crippen LogP contribution in [0.25, 0.3) is 0 Å². The van der Waals surface area contributed by atoms with Gasteiger partial charge in [0.1, 0.15) is 0 Å². The molecule has 0 spiro atoms. The van der Waals surface area contributed by atoms with Gasteiger partial charge >= 0.3 is 0 Å². The summed E-state index contributed by atoms with van der Waals surface area (Å²) < 4.78 is 5.86. The maximum Gasteiger partial charge on any atom is 0.0678 e. The Morgan fingerprint density at radius 1 is 1.11 bits per heavy atom. The van der Waals surface area contributed by atoms with Gasteiger partial charge in [-0.25, -0.2) is 0 Å². The SMILES string of the molecule is CC1CCC(CN)(N2C[C@@H](C)O[C@@H](C)C2)CC1C. The third-order valence-electron chi connectivity index (χ3n) is 5.21. The summed E-state index contributed by atoms with van der Waals surface area (Å²) in [5.74, 6) is 1.64. The molecule has 0 radical (unpaired) electrons. The van der Waals surface area contributed by atoms with E-state index in [4.69, 9.17) is 10.5 Å². The van der Waals surface area contributed by atoms with Gasteiger partial charge in [-0.1, -0.05) is 13.8 Å². The zero-order valence-electron chi connectivity index (χ0n) is 12.5. The number of ether oxygens (including phenoxy) is 1. The van der Waals surface area contributed by atoms with Crippen LogP contribution < -0.4 is 5.73 Å². The third kappa shape index (κ3) is 2.73. The molecule has 0 aromatic rings. The van der Waals surface area contributed by atoms with Crippen molar-refractivity contribution in [3.05, 3.63) is 0 Å². The van der Waals surface area contributed by atoms with E-state index in [2.05, 4.69) is 32.6 Å². The Balaban J connectivity index is 2.11. The number of hydrogen-bond acceptors (Lipinski definition) is 3. The molecule has 2 rings (SSSR count). The molecule has 106 valence electrons. The average molecular weight is 254 g/mol. The smallest absolute Gasteiger partial charge is 0.0678 e. The van der Waals surface area contributed by atoms with Crippen molar-refractivity contribution in [1.29, 1.82) is 0 Å². The summed E-state index contributed by atoms with van der Waals surface area (Å²) in [7, 11) is 0. The molecule has 0 aromatic carbocycles. The highest BCUT2D eigenvalue weighted by atomic mass is 16.5. The fourth-order valence-corrected chi connectivity index (χ4v) is 3.85. The standard InChI is InChI=1S/C15H30N2O/c1-11-5-6-15(10-16,7-12(11)2)17-8-13(3)18-14(4)9-17/h11-14H,5-10,16H2,1-4H3/t11?,12?,13-,14+,15?. The van der Waals surface area contributed by atoms with Crippen molar-refractivity contribution in [1.82, 2.24) is 4.90 Å². The molecule has 2 aliphatic rings. The van der Waals surface area contributed by atoms with Gasteiger partial charge in [0.25, 0.3) is 0 Å². The molecule has 1 saturated carbocycles. The van der Waals surface area contributed by atoms with Crippen molar-refractivity contribution in [3.8, 4) is 0 Å². The van der Waals surface area contributed by atoms with E-state index in [0.717, 1.165) is 31.5 Å². The fraction of sp³-hybridized carbons (Fsp3) is 1.00. The Morgan fingerprint density at radius 2 is 1.72 bits per heavy atom. The van der Waals surface area contributed by atoms with Crippen molar-refractivity contribution in [2.75, 3.05) is 19.6 Å². The summed E-state index contributed by atoms with van der Waals surface area (Å²) in [6.45, 7) is 12.0. The van der Waals surface area contributed by atoms with Crippen LogP contribution in [0.2, 0.25) is 0 Å². The third-order valence-corrected chi connectivity index (χ3v) is 5.21.